The lowest BCUT2D eigenvalue weighted by molar-refractivity contribution is -0.132. The molecule has 108 valence electrons. The van der Waals surface area contributed by atoms with Crippen molar-refractivity contribution in [2.75, 3.05) is 11.6 Å². The first-order valence-corrected chi connectivity index (χ1v) is 6.63. The second-order valence-electron chi connectivity index (χ2n) is 4.89. The topological polar surface area (TPSA) is 88.6 Å². The molecule has 0 saturated carbocycles. The molecule has 2 aromatic rings. The lowest BCUT2D eigenvalue weighted by Gasteiger charge is -2.21. The number of furan rings is 1. The molecule has 1 aromatic heterocycles. The van der Waals surface area contributed by atoms with Gasteiger partial charge in [0.15, 0.2) is 0 Å². The smallest absolute Gasteiger partial charge is 0.254 e. The van der Waals surface area contributed by atoms with Crippen LogP contribution in [0, 0.1) is 5.92 Å². The van der Waals surface area contributed by atoms with Crippen molar-refractivity contribution in [2.45, 2.75) is 5.92 Å². The number of carbonyl (C=O) groups excluding carboxylic acids is 2. The van der Waals surface area contributed by atoms with Gasteiger partial charge in [0, 0.05) is 6.54 Å². The molecule has 0 aliphatic carbocycles. The monoisotopic (exact) mass is 285 g/mol. The molecule has 2 atom stereocenters. The van der Waals surface area contributed by atoms with Crippen LogP contribution in [-0.4, -0.2) is 18.4 Å². The molecule has 3 rings (SSSR count). The molecule has 21 heavy (non-hydrogen) atoms. The maximum atomic E-state index is 12.6. The number of anilines is 1. The summed E-state index contributed by atoms with van der Waals surface area (Å²) >= 11 is 0. The van der Waals surface area contributed by atoms with E-state index in [-0.39, 0.29) is 11.8 Å². The Bertz CT molecular complexity index is 639. The molecular weight excluding hydrogens is 270 g/mol. The molecular formula is C15H15N3O3. The van der Waals surface area contributed by atoms with E-state index < -0.39 is 11.8 Å². The van der Waals surface area contributed by atoms with Gasteiger partial charge < -0.3 is 9.73 Å². The highest BCUT2D eigenvalue weighted by Crippen LogP contribution is 2.31. The van der Waals surface area contributed by atoms with E-state index in [1.807, 2.05) is 6.07 Å². The van der Waals surface area contributed by atoms with Crippen molar-refractivity contribution < 1.29 is 14.0 Å². The lowest BCUT2D eigenvalue weighted by Crippen LogP contribution is -2.45. The number of hydrazine groups is 1. The Morgan fingerprint density at radius 2 is 2.00 bits per heavy atom. The predicted octanol–water partition coefficient (Wildman–Crippen LogP) is 1.02. The molecule has 2 heterocycles. The quantitative estimate of drug-likeness (QED) is 0.381. The van der Waals surface area contributed by atoms with Crippen LogP contribution in [0.2, 0.25) is 0 Å². The molecule has 0 bridgehead atoms. The minimum atomic E-state index is -0.874. The number of para-hydroxylation sites is 1. The number of rotatable bonds is 3. The van der Waals surface area contributed by atoms with E-state index in [4.69, 9.17) is 10.3 Å². The Hall–Kier alpha value is -2.60. The van der Waals surface area contributed by atoms with Crippen LogP contribution in [0.1, 0.15) is 11.7 Å². The molecule has 3 N–H and O–H groups in total. The summed E-state index contributed by atoms with van der Waals surface area (Å²) in [5, 5.41) is 3.71. The van der Waals surface area contributed by atoms with Crippen molar-refractivity contribution in [3.05, 3.63) is 54.5 Å². The molecule has 1 aliphatic heterocycles. The van der Waals surface area contributed by atoms with E-state index in [1.165, 1.54) is 6.26 Å². The lowest BCUT2D eigenvalue weighted by atomic mass is 9.92. The summed E-state index contributed by atoms with van der Waals surface area (Å²) in [6, 6.07) is 12.3. The van der Waals surface area contributed by atoms with E-state index in [0.717, 1.165) is 5.01 Å². The average molecular weight is 285 g/mol. The van der Waals surface area contributed by atoms with Crippen molar-refractivity contribution >= 4 is 17.5 Å². The number of carbonyl (C=O) groups is 2. The number of amides is 2. The van der Waals surface area contributed by atoms with Crippen LogP contribution in [0.25, 0.3) is 0 Å². The normalized spacial score (nSPS) is 21.1. The third-order valence-corrected chi connectivity index (χ3v) is 3.63. The highest BCUT2D eigenvalue weighted by atomic mass is 16.3. The zero-order valence-electron chi connectivity index (χ0n) is 11.2. The summed E-state index contributed by atoms with van der Waals surface area (Å²) in [4.78, 5) is 24.6. The van der Waals surface area contributed by atoms with Gasteiger partial charge in [0.25, 0.3) is 5.91 Å². The molecule has 2 amide bonds. The third kappa shape index (κ3) is 2.41. The Labute approximate surface area is 121 Å². The van der Waals surface area contributed by atoms with E-state index >= 15 is 0 Å². The van der Waals surface area contributed by atoms with E-state index in [2.05, 4.69) is 5.32 Å². The maximum Gasteiger partial charge on any atom is 0.254 e. The number of nitrogens with zero attached hydrogens (tertiary/aromatic N) is 1. The maximum absolute atomic E-state index is 12.6. The molecule has 6 nitrogen and oxygen atoms in total. The van der Waals surface area contributed by atoms with Gasteiger partial charge in [0.1, 0.15) is 11.7 Å². The van der Waals surface area contributed by atoms with Crippen LogP contribution in [-0.2, 0) is 9.59 Å². The summed E-state index contributed by atoms with van der Waals surface area (Å²) < 4.78 is 5.33. The Morgan fingerprint density at radius 1 is 1.24 bits per heavy atom. The van der Waals surface area contributed by atoms with Gasteiger partial charge in [-0.05, 0) is 24.3 Å². The van der Waals surface area contributed by atoms with Crippen LogP contribution in [0.15, 0.2) is 53.1 Å². The molecule has 6 heteroatoms. The van der Waals surface area contributed by atoms with Gasteiger partial charge in [-0.3, -0.25) is 9.59 Å². The van der Waals surface area contributed by atoms with Crippen LogP contribution >= 0.6 is 0 Å². The van der Waals surface area contributed by atoms with Crippen LogP contribution in [0.5, 0.6) is 0 Å². The Balaban J connectivity index is 1.86. The molecule has 1 fully saturated rings. The standard InChI is InChI=1S/C15H15N3O3/c16-18(10-5-2-1-3-6-10)15(20)13-11(9-17-14(13)19)12-7-4-8-21-12/h1-8,11,13H,9,16H2,(H,17,19). The fraction of sp³-hybridized carbons (Fsp3) is 0.200. The van der Waals surface area contributed by atoms with Gasteiger partial charge in [-0.2, -0.15) is 0 Å². The largest absolute Gasteiger partial charge is 0.469 e. The number of hydrogen-bond donors (Lipinski definition) is 2. The zero-order chi connectivity index (χ0) is 14.8. The molecule has 0 radical (unpaired) electrons. The van der Waals surface area contributed by atoms with Gasteiger partial charge in [-0.1, -0.05) is 18.2 Å². The second kappa shape index (κ2) is 5.41. The number of benzene rings is 1. The first-order chi connectivity index (χ1) is 10.2. The van der Waals surface area contributed by atoms with E-state index in [1.54, 1.807) is 36.4 Å². The summed E-state index contributed by atoms with van der Waals surface area (Å²) in [5.74, 6) is 4.49. The minimum Gasteiger partial charge on any atom is -0.469 e. The first kappa shape index (κ1) is 13.4. The fourth-order valence-electron chi connectivity index (χ4n) is 2.54. The molecule has 1 aliphatic rings. The van der Waals surface area contributed by atoms with Gasteiger partial charge >= 0.3 is 0 Å². The van der Waals surface area contributed by atoms with Crippen molar-refractivity contribution in [1.82, 2.24) is 5.32 Å². The van der Waals surface area contributed by atoms with E-state index in [9.17, 15) is 9.59 Å². The third-order valence-electron chi connectivity index (χ3n) is 3.63. The van der Waals surface area contributed by atoms with Gasteiger partial charge in [0.05, 0.1) is 17.9 Å². The summed E-state index contributed by atoms with van der Waals surface area (Å²) in [5.41, 5.74) is 0.542. The van der Waals surface area contributed by atoms with Gasteiger partial charge in [0.2, 0.25) is 5.91 Å². The highest BCUT2D eigenvalue weighted by Gasteiger charge is 2.44. The Morgan fingerprint density at radius 3 is 2.67 bits per heavy atom. The van der Waals surface area contributed by atoms with Gasteiger partial charge in [-0.25, -0.2) is 10.9 Å². The molecule has 0 spiro atoms. The first-order valence-electron chi connectivity index (χ1n) is 6.63. The number of nitrogens with two attached hydrogens (primary N) is 1. The number of hydrogen-bond acceptors (Lipinski definition) is 4. The Kier molecular flexibility index (Phi) is 3.45. The average Bonchev–Trinajstić information content (AvgIpc) is 3.16. The predicted molar refractivity (Wildman–Crippen MR) is 76.1 cm³/mol. The second-order valence-corrected chi connectivity index (χ2v) is 4.89. The van der Waals surface area contributed by atoms with Crippen LogP contribution in [0.4, 0.5) is 5.69 Å². The molecule has 1 aromatic carbocycles. The fourth-order valence-corrected chi connectivity index (χ4v) is 2.54. The van der Waals surface area contributed by atoms with Gasteiger partial charge in [-0.15, -0.1) is 0 Å². The minimum absolute atomic E-state index is 0.326. The van der Waals surface area contributed by atoms with Crippen LogP contribution < -0.4 is 16.2 Å². The molecule has 1 saturated heterocycles. The summed E-state index contributed by atoms with van der Waals surface area (Å²) in [6.45, 7) is 0.366. The van der Waals surface area contributed by atoms with Crippen molar-refractivity contribution in [2.24, 2.45) is 11.8 Å². The molecule has 2 unspecified atom stereocenters. The number of nitrogens with one attached hydrogen (secondary N) is 1. The van der Waals surface area contributed by atoms with E-state index in [0.29, 0.717) is 18.0 Å². The zero-order valence-corrected chi connectivity index (χ0v) is 11.2. The van der Waals surface area contributed by atoms with Crippen molar-refractivity contribution in [3.8, 4) is 0 Å². The highest BCUT2D eigenvalue weighted by molar-refractivity contribution is 6.09. The van der Waals surface area contributed by atoms with Crippen molar-refractivity contribution in [1.29, 1.82) is 0 Å². The van der Waals surface area contributed by atoms with Crippen molar-refractivity contribution in [3.63, 3.8) is 0 Å². The summed E-state index contributed by atoms with van der Waals surface area (Å²) in [6.07, 6.45) is 1.52. The summed E-state index contributed by atoms with van der Waals surface area (Å²) in [7, 11) is 0. The SMILES string of the molecule is NN(C(=O)C1C(=O)NCC1c1ccco1)c1ccccc1. The van der Waals surface area contributed by atoms with Crippen LogP contribution in [0.3, 0.4) is 0 Å².